The molecule has 0 saturated carbocycles. The van der Waals surface area contributed by atoms with Crippen molar-refractivity contribution in [1.29, 1.82) is 0 Å². The van der Waals surface area contributed by atoms with Crippen molar-refractivity contribution < 1.29 is 5.11 Å². The number of H-pyrrole nitrogens is 1. The van der Waals surface area contributed by atoms with E-state index in [-0.39, 0.29) is 6.54 Å². The topological polar surface area (TPSA) is 62.0 Å². The van der Waals surface area contributed by atoms with Gasteiger partial charge in [0.1, 0.15) is 0 Å². The highest BCUT2D eigenvalue weighted by Crippen LogP contribution is 2.34. The quantitative estimate of drug-likeness (QED) is 0.671. The van der Waals surface area contributed by atoms with E-state index in [1.165, 1.54) is 0 Å². The van der Waals surface area contributed by atoms with Gasteiger partial charge in [-0.05, 0) is 11.6 Å². The van der Waals surface area contributed by atoms with Gasteiger partial charge >= 0.3 is 0 Å². The standard InChI is InChI=1S/C16H16N2O/c17-10-14(19)15-12-8-4-5-9-13(12)18-16(15)11-6-2-1-3-7-11/h1-9,14,18-19H,10,17H2/t14-/m1/s1. The second kappa shape index (κ2) is 4.88. The number of hydrogen-bond donors (Lipinski definition) is 3. The third-order valence-corrected chi connectivity index (χ3v) is 3.37. The summed E-state index contributed by atoms with van der Waals surface area (Å²) in [6.45, 7) is 0.210. The van der Waals surface area contributed by atoms with Crippen LogP contribution in [0.25, 0.3) is 22.2 Å². The Kier molecular flexibility index (Phi) is 3.07. The van der Waals surface area contributed by atoms with Gasteiger partial charge in [0, 0.05) is 23.0 Å². The van der Waals surface area contributed by atoms with E-state index in [0.29, 0.717) is 0 Å². The molecule has 0 radical (unpaired) electrons. The van der Waals surface area contributed by atoms with Gasteiger partial charge in [0.2, 0.25) is 0 Å². The zero-order chi connectivity index (χ0) is 13.2. The molecule has 0 bridgehead atoms. The molecular formula is C16H16N2O. The Morgan fingerprint density at radius 2 is 1.68 bits per heavy atom. The summed E-state index contributed by atoms with van der Waals surface area (Å²) in [5.41, 5.74) is 9.53. The highest BCUT2D eigenvalue weighted by Gasteiger charge is 2.18. The summed E-state index contributed by atoms with van der Waals surface area (Å²) < 4.78 is 0. The Morgan fingerprint density at radius 1 is 1.00 bits per heavy atom. The number of benzene rings is 2. The first-order valence-corrected chi connectivity index (χ1v) is 6.35. The average Bonchev–Trinajstić information content (AvgIpc) is 2.87. The molecule has 3 rings (SSSR count). The van der Waals surface area contributed by atoms with Crippen molar-refractivity contribution in [2.75, 3.05) is 6.54 Å². The summed E-state index contributed by atoms with van der Waals surface area (Å²) in [7, 11) is 0. The van der Waals surface area contributed by atoms with Gasteiger partial charge in [-0.1, -0.05) is 48.5 Å². The molecule has 2 aromatic carbocycles. The summed E-state index contributed by atoms with van der Waals surface area (Å²) in [5, 5.41) is 11.2. The van der Waals surface area contributed by atoms with Crippen molar-refractivity contribution >= 4 is 10.9 Å². The highest BCUT2D eigenvalue weighted by molar-refractivity contribution is 5.91. The molecule has 3 heteroatoms. The number of nitrogens with one attached hydrogen (secondary N) is 1. The minimum Gasteiger partial charge on any atom is -0.387 e. The van der Waals surface area contributed by atoms with Crippen LogP contribution in [-0.4, -0.2) is 16.6 Å². The number of aliphatic hydroxyl groups excluding tert-OH is 1. The molecule has 4 N–H and O–H groups in total. The Bertz CT molecular complexity index is 688. The highest BCUT2D eigenvalue weighted by atomic mass is 16.3. The van der Waals surface area contributed by atoms with Crippen LogP contribution in [-0.2, 0) is 0 Å². The lowest BCUT2D eigenvalue weighted by Gasteiger charge is -2.10. The van der Waals surface area contributed by atoms with Gasteiger partial charge in [0.05, 0.1) is 11.8 Å². The van der Waals surface area contributed by atoms with E-state index in [2.05, 4.69) is 4.98 Å². The van der Waals surface area contributed by atoms with Crippen molar-refractivity contribution in [2.24, 2.45) is 5.73 Å². The van der Waals surface area contributed by atoms with E-state index in [0.717, 1.165) is 27.7 Å². The third-order valence-electron chi connectivity index (χ3n) is 3.37. The normalized spacial score (nSPS) is 12.7. The van der Waals surface area contributed by atoms with E-state index in [4.69, 9.17) is 5.73 Å². The Morgan fingerprint density at radius 3 is 2.42 bits per heavy atom. The Labute approximate surface area is 111 Å². The molecule has 0 spiro atoms. The number of aliphatic hydroxyl groups is 1. The van der Waals surface area contributed by atoms with Crippen molar-refractivity contribution in [3.05, 3.63) is 60.2 Å². The Balaban J connectivity index is 2.29. The second-order valence-electron chi connectivity index (χ2n) is 4.58. The van der Waals surface area contributed by atoms with Crippen LogP contribution in [0.15, 0.2) is 54.6 Å². The van der Waals surface area contributed by atoms with Crippen molar-refractivity contribution in [3.63, 3.8) is 0 Å². The SMILES string of the molecule is NC[C@@H](O)c1c(-c2ccccc2)[nH]c2ccccc12. The van der Waals surface area contributed by atoms with Gasteiger partial charge in [-0.25, -0.2) is 0 Å². The number of rotatable bonds is 3. The van der Waals surface area contributed by atoms with Crippen molar-refractivity contribution in [1.82, 2.24) is 4.98 Å². The van der Waals surface area contributed by atoms with Crippen molar-refractivity contribution in [2.45, 2.75) is 6.10 Å². The number of hydrogen-bond acceptors (Lipinski definition) is 2. The number of nitrogens with two attached hydrogens (primary N) is 1. The number of fused-ring (bicyclic) bond motifs is 1. The zero-order valence-corrected chi connectivity index (χ0v) is 10.5. The van der Waals surface area contributed by atoms with Gasteiger partial charge in [-0.15, -0.1) is 0 Å². The minimum atomic E-state index is -0.661. The Hall–Kier alpha value is -2.10. The van der Waals surface area contributed by atoms with Crippen molar-refractivity contribution in [3.8, 4) is 11.3 Å². The summed E-state index contributed by atoms with van der Waals surface area (Å²) in [4.78, 5) is 3.38. The van der Waals surface area contributed by atoms with Crippen LogP contribution in [0, 0.1) is 0 Å². The van der Waals surface area contributed by atoms with Crippen LogP contribution in [0.2, 0.25) is 0 Å². The second-order valence-corrected chi connectivity index (χ2v) is 4.58. The summed E-state index contributed by atoms with van der Waals surface area (Å²) in [5.74, 6) is 0. The maximum atomic E-state index is 10.2. The lowest BCUT2D eigenvalue weighted by Crippen LogP contribution is -2.12. The lowest BCUT2D eigenvalue weighted by atomic mass is 10.0. The molecule has 1 atom stereocenters. The molecular weight excluding hydrogens is 236 g/mol. The average molecular weight is 252 g/mol. The zero-order valence-electron chi connectivity index (χ0n) is 10.5. The molecule has 0 amide bonds. The molecule has 3 aromatic rings. The molecule has 1 heterocycles. The van der Waals surface area contributed by atoms with Gasteiger partial charge in [-0.2, -0.15) is 0 Å². The molecule has 96 valence electrons. The maximum absolute atomic E-state index is 10.2. The predicted molar refractivity (Wildman–Crippen MR) is 77.7 cm³/mol. The molecule has 0 fully saturated rings. The summed E-state index contributed by atoms with van der Waals surface area (Å²) in [6, 6.07) is 18.0. The van der Waals surface area contributed by atoms with Crippen LogP contribution in [0.3, 0.4) is 0 Å². The summed E-state index contributed by atoms with van der Waals surface area (Å²) in [6.07, 6.45) is -0.661. The number of aromatic amines is 1. The molecule has 0 aliphatic carbocycles. The van der Waals surface area contributed by atoms with Gasteiger partial charge in [0.15, 0.2) is 0 Å². The van der Waals surface area contributed by atoms with Crippen LogP contribution in [0.5, 0.6) is 0 Å². The molecule has 0 unspecified atom stereocenters. The lowest BCUT2D eigenvalue weighted by molar-refractivity contribution is 0.189. The smallest absolute Gasteiger partial charge is 0.0939 e. The minimum absolute atomic E-state index is 0.210. The van der Waals surface area contributed by atoms with Gasteiger partial charge in [0.25, 0.3) is 0 Å². The molecule has 0 aliphatic heterocycles. The fourth-order valence-corrected chi connectivity index (χ4v) is 2.46. The van der Waals surface area contributed by atoms with Crippen LogP contribution < -0.4 is 5.73 Å². The van der Waals surface area contributed by atoms with E-state index < -0.39 is 6.10 Å². The number of para-hydroxylation sites is 1. The molecule has 1 aromatic heterocycles. The molecule has 19 heavy (non-hydrogen) atoms. The molecule has 3 nitrogen and oxygen atoms in total. The fourth-order valence-electron chi connectivity index (χ4n) is 2.46. The van der Waals surface area contributed by atoms with Gasteiger partial charge < -0.3 is 15.8 Å². The molecule has 0 aliphatic rings. The first-order valence-electron chi connectivity index (χ1n) is 6.35. The van der Waals surface area contributed by atoms with Crippen LogP contribution in [0.4, 0.5) is 0 Å². The molecule has 0 saturated heterocycles. The monoisotopic (exact) mass is 252 g/mol. The largest absolute Gasteiger partial charge is 0.387 e. The van der Waals surface area contributed by atoms with E-state index in [1.807, 2.05) is 54.6 Å². The fraction of sp³-hybridized carbons (Fsp3) is 0.125. The van der Waals surface area contributed by atoms with E-state index >= 15 is 0 Å². The van der Waals surface area contributed by atoms with Crippen LogP contribution >= 0.6 is 0 Å². The summed E-state index contributed by atoms with van der Waals surface area (Å²) >= 11 is 0. The first-order chi connectivity index (χ1) is 9.31. The third kappa shape index (κ3) is 2.03. The maximum Gasteiger partial charge on any atom is 0.0939 e. The van der Waals surface area contributed by atoms with E-state index in [1.54, 1.807) is 0 Å². The van der Waals surface area contributed by atoms with Gasteiger partial charge in [-0.3, -0.25) is 0 Å². The first kappa shape index (κ1) is 12.0. The number of aromatic nitrogens is 1. The predicted octanol–water partition coefficient (Wildman–Crippen LogP) is 2.83. The van der Waals surface area contributed by atoms with Crippen LogP contribution in [0.1, 0.15) is 11.7 Å². The van der Waals surface area contributed by atoms with E-state index in [9.17, 15) is 5.11 Å².